The zero-order chi connectivity index (χ0) is 16.9. The Balaban J connectivity index is 1.70. The number of halogens is 1. The monoisotopic (exact) mass is 365 g/mol. The highest BCUT2D eigenvalue weighted by Gasteiger charge is 2.25. The van der Waals surface area contributed by atoms with Crippen LogP contribution >= 0.6 is 22.9 Å². The van der Waals surface area contributed by atoms with Crippen LogP contribution in [0.5, 0.6) is 5.75 Å². The van der Waals surface area contributed by atoms with Gasteiger partial charge in [-0.25, -0.2) is 4.98 Å². The number of thiazole rings is 1. The van der Waals surface area contributed by atoms with Crippen molar-refractivity contribution in [3.63, 3.8) is 0 Å². The van der Waals surface area contributed by atoms with Crippen molar-refractivity contribution in [1.29, 1.82) is 0 Å². The molecule has 1 aliphatic heterocycles. The molecule has 24 heavy (non-hydrogen) atoms. The number of hydrogen-bond donors (Lipinski definition) is 1. The molecule has 2 aromatic rings. The molecule has 1 aromatic heterocycles. The van der Waals surface area contributed by atoms with Crippen molar-refractivity contribution in [2.75, 3.05) is 13.2 Å². The van der Waals surface area contributed by atoms with Crippen LogP contribution in [-0.4, -0.2) is 28.9 Å². The summed E-state index contributed by atoms with van der Waals surface area (Å²) in [5.41, 5.74) is 6.21. The number of amides is 1. The molecular weight excluding hydrogens is 346 g/mol. The quantitative estimate of drug-likeness (QED) is 0.851. The molecule has 5 nitrogen and oxygen atoms in total. The second-order valence-corrected chi connectivity index (χ2v) is 7.21. The van der Waals surface area contributed by atoms with Crippen molar-refractivity contribution >= 4 is 28.8 Å². The Labute approximate surface area is 150 Å². The Morgan fingerprint density at radius 3 is 3.04 bits per heavy atom. The molecule has 2 N–H and O–H groups in total. The van der Waals surface area contributed by atoms with Crippen LogP contribution in [0.15, 0.2) is 29.8 Å². The average molecular weight is 366 g/mol. The van der Waals surface area contributed by atoms with Gasteiger partial charge in [-0.05, 0) is 37.1 Å². The number of benzene rings is 1. The van der Waals surface area contributed by atoms with E-state index in [1.165, 1.54) is 17.8 Å². The van der Waals surface area contributed by atoms with E-state index in [2.05, 4.69) is 9.88 Å². The number of ether oxygens (including phenoxy) is 1. The lowest BCUT2D eigenvalue weighted by Crippen LogP contribution is -2.32. The molecule has 2 heterocycles. The van der Waals surface area contributed by atoms with Gasteiger partial charge in [0.1, 0.15) is 10.8 Å². The lowest BCUT2D eigenvalue weighted by Gasteiger charge is -2.34. The van der Waals surface area contributed by atoms with Crippen molar-refractivity contribution in [1.82, 2.24) is 9.88 Å². The molecule has 0 saturated carbocycles. The van der Waals surface area contributed by atoms with Gasteiger partial charge in [-0.2, -0.15) is 0 Å². The predicted molar refractivity (Wildman–Crippen MR) is 95.3 cm³/mol. The van der Waals surface area contributed by atoms with E-state index >= 15 is 0 Å². The van der Waals surface area contributed by atoms with Gasteiger partial charge in [-0.1, -0.05) is 24.1 Å². The van der Waals surface area contributed by atoms with E-state index in [-0.39, 0.29) is 6.61 Å². The number of aromatic nitrogens is 1. The first-order chi connectivity index (χ1) is 11.6. The minimum Gasteiger partial charge on any atom is -0.482 e. The molecular formula is C17H20ClN3O2S. The largest absolute Gasteiger partial charge is 0.482 e. The maximum atomic E-state index is 10.8. The maximum Gasteiger partial charge on any atom is 0.255 e. The van der Waals surface area contributed by atoms with Gasteiger partial charge in [0.05, 0.1) is 11.1 Å². The second kappa shape index (κ2) is 7.96. The smallest absolute Gasteiger partial charge is 0.255 e. The van der Waals surface area contributed by atoms with Crippen LogP contribution in [-0.2, 0) is 11.3 Å². The number of rotatable bonds is 6. The Morgan fingerprint density at radius 1 is 1.46 bits per heavy atom. The van der Waals surface area contributed by atoms with Gasteiger partial charge in [-0.15, -0.1) is 11.3 Å². The fourth-order valence-electron chi connectivity index (χ4n) is 3.00. The summed E-state index contributed by atoms with van der Waals surface area (Å²) in [5.74, 6) is -0.0379. The van der Waals surface area contributed by atoms with E-state index in [9.17, 15) is 4.79 Å². The number of primary amides is 1. The first-order valence-corrected chi connectivity index (χ1v) is 9.22. The average Bonchev–Trinajstić information content (AvgIpc) is 3.09. The van der Waals surface area contributed by atoms with Crippen molar-refractivity contribution in [3.8, 4) is 5.75 Å². The minimum absolute atomic E-state index is 0.169. The van der Waals surface area contributed by atoms with Crippen molar-refractivity contribution in [3.05, 3.63) is 45.4 Å². The topological polar surface area (TPSA) is 68.5 Å². The number of nitrogens with zero attached hydrogens (tertiary/aromatic N) is 2. The molecule has 0 radical (unpaired) electrons. The number of nitrogens with two attached hydrogens (primary N) is 1. The Bertz CT molecular complexity index is 693. The highest BCUT2D eigenvalue weighted by Crippen LogP contribution is 2.34. The summed E-state index contributed by atoms with van der Waals surface area (Å²) in [6, 6.07) is 6.05. The molecule has 0 spiro atoms. The number of likely N-dealkylation sites (tertiary alicyclic amines) is 1. The molecule has 7 heteroatoms. The summed E-state index contributed by atoms with van der Waals surface area (Å²) >= 11 is 7.98. The molecule has 0 bridgehead atoms. The molecule has 1 amide bonds. The lowest BCUT2D eigenvalue weighted by atomic mass is 10.0. The van der Waals surface area contributed by atoms with Gasteiger partial charge in [0.2, 0.25) is 0 Å². The van der Waals surface area contributed by atoms with Crippen LogP contribution in [0.25, 0.3) is 0 Å². The van der Waals surface area contributed by atoms with Crippen LogP contribution in [0.3, 0.4) is 0 Å². The summed E-state index contributed by atoms with van der Waals surface area (Å²) in [7, 11) is 0. The van der Waals surface area contributed by atoms with Crippen molar-refractivity contribution in [2.45, 2.75) is 31.8 Å². The highest BCUT2D eigenvalue weighted by atomic mass is 35.5. The summed E-state index contributed by atoms with van der Waals surface area (Å²) in [5, 5.41) is 3.71. The second-order valence-electron chi connectivity index (χ2n) is 5.87. The number of carbonyl (C=O) groups is 1. The number of piperidine rings is 1. The first-order valence-electron chi connectivity index (χ1n) is 7.96. The van der Waals surface area contributed by atoms with Crippen LogP contribution < -0.4 is 10.5 Å². The van der Waals surface area contributed by atoms with E-state index in [4.69, 9.17) is 22.1 Å². The maximum absolute atomic E-state index is 10.8. The third kappa shape index (κ3) is 4.26. The predicted octanol–water partition coefficient (Wildman–Crippen LogP) is 3.39. The summed E-state index contributed by atoms with van der Waals surface area (Å²) in [4.78, 5) is 17.8. The Kier molecular flexibility index (Phi) is 5.71. The van der Waals surface area contributed by atoms with Crippen molar-refractivity contribution < 1.29 is 9.53 Å². The van der Waals surface area contributed by atoms with E-state index in [0.29, 0.717) is 16.8 Å². The van der Waals surface area contributed by atoms with Crippen LogP contribution in [0.2, 0.25) is 5.02 Å². The SMILES string of the molecule is NC(=O)COc1ccc(CN2CCCC[C@@H]2c2nccs2)cc1Cl. The first kappa shape index (κ1) is 17.2. The van der Waals surface area contributed by atoms with Gasteiger partial charge >= 0.3 is 0 Å². The normalized spacial score (nSPS) is 18.5. The third-order valence-electron chi connectivity index (χ3n) is 4.10. The molecule has 1 saturated heterocycles. The fourth-order valence-corrected chi connectivity index (χ4v) is 4.07. The molecule has 128 valence electrons. The molecule has 1 fully saturated rings. The molecule has 1 aromatic carbocycles. The minimum atomic E-state index is -0.519. The Morgan fingerprint density at radius 2 is 2.33 bits per heavy atom. The van der Waals surface area contributed by atoms with Gasteiger partial charge in [0.15, 0.2) is 6.61 Å². The van der Waals surface area contributed by atoms with E-state index < -0.39 is 5.91 Å². The van der Waals surface area contributed by atoms with Crippen LogP contribution in [0.4, 0.5) is 0 Å². The van der Waals surface area contributed by atoms with Gasteiger partial charge in [-0.3, -0.25) is 9.69 Å². The zero-order valence-corrected chi connectivity index (χ0v) is 14.9. The third-order valence-corrected chi connectivity index (χ3v) is 5.27. The summed E-state index contributed by atoms with van der Waals surface area (Å²) in [6.45, 7) is 1.71. The van der Waals surface area contributed by atoms with E-state index in [1.807, 2.05) is 23.7 Å². The highest BCUT2D eigenvalue weighted by molar-refractivity contribution is 7.09. The standard InChI is InChI=1S/C17H20ClN3O2S/c18-13-9-12(4-5-15(13)23-11-16(19)22)10-21-7-2-1-3-14(21)17-20-6-8-24-17/h4-6,8-9,14H,1-3,7,10-11H2,(H2,19,22)/t14-/m1/s1. The lowest BCUT2D eigenvalue weighted by molar-refractivity contribution is -0.119. The van der Waals surface area contributed by atoms with Crippen LogP contribution in [0.1, 0.15) is 35.9 Å². The van der Waals surface area contributed by atoms with E-state index in [0.717, 1.165) is 25.1 Å². The van der Waals surface area contributed by atoms with Gasteiger partial charge in [0.25, 0.3) is 5.91 Å². The molecule has 3 rings (SSSR count). The van der Waals surface area contributed by atoms with Crippen LogP contribution in [0, 0.1) is 0 Å². The van der Waals surface area contributed by atoms with E-state index in [1.54, 1.807) is 17.4 Å². The fraction of sp³-hybridized carbons (Fsp3) is 0.412. The summed E-state index contributed by atoms with van der Waals surface area (Å²) in [6.07, 6.45) is 5.45. The van der Waals surface area contributed by atoms with Crippen molar-refractivity contribution in [2.24, 2.45) is 5.73 Å². The molecule has 0 unspecified atom stereocenters. The zero-order valence-electron chi connectivity index (χ0n) is 13.3. The number of carbonyl (C=O) groups excluding carboxylic acids is 1. The summed E-state index contributed by atoms with van der Waals surface area (Å²) < 4.78 is 5.29. The molecule has 0 aliphatic carbocycles. The van der Waals surface area contributed by atoms with Gasteiger partial charge < -0.3 is 10.5 Å². The molecule has 1 aliphatic rings. The number of hydrogen-bond acceptors (Lipinski definition) is 5. The van der Waals surface area contributed by atoms with Gasteiger partial charge in [0, 0.05) is 18.1 Å². The molecule has 1 atom stereocenters. The Hall–Kier alpha value is -1.63.